The van der Waals surface area contributed by atoms with Gasteiger partial charge in [-0.2, -0.15) is 0 Å². The predicted octanol–water partition coefficient (Wildman–Crippen LogP) is 0.728. The number of carbonyl (C=O) groups is 1. The summed E-state index contributed by atoms with van der Waals surface area (Å²) in [6.07, 6.45) is 2.06. The van der Waals surface area contributed by atoms with E-state index < -0.39 is 12.0 Å². The lowest BCUT2D eigenvalue weighted by Crippen LogP contribution is -2.34. The second kappa shape index (κ2) is 6.18. The molecule has 0 rings (SSSR count). The normalized spacial score (nSPS) is 13.2. The molecule has 0 saturated heterocycles. The average Bonchev–Trinajstić information content (AvgIpc) is 1.84. The van der Waals surface area contributed by atoms with Crippen LogP contribution in [0.25, 0.3) is 0 Å². The fourth-order valence-corrected chi connectivity index (χ4v) is 0.901. The molecule has 13 heavy (non-hydrogen) atoms. The van der Waals surface area contributed by atoms with E-state index >= 15 is 0 Å². The zero-order valence-electron chi connectivity index (χ0n) is 8.12. The third-order valence-electron chi connectivity index (χ3n) is 1.65. The van der Waals surface area contributed by atoms with E-state index in [0.717, 1.165) is 12.8 Å². The van der Waals surface area contributed by atoms with E-state index in [9.17, 15) is 4.79 Å². The number of carboxylic acid groups (broad SMARTS) is 1. The molecule has 0 amide bonds. The van der Waals surface area contributed by atoms with Crippen LogP contribution in [0.3, 0.4) is 0 Å². The van der Waals surface area contributed by atoms with Gasteiger partial charge in [-0.25, -0.2) is 0 Å². The Morgan fingerprint density at radius 1 is 1.54 bits per heavy atom. The Bertz CT molecular complexity index is 157. The van der Waals surface area contributed by atoms with Crippen LogP contribution in [0.5, 0.6) is 0 Å². The van der Waals surface area contributed by atoms with Gasteiger partial charge >= 0.3 is 5.97 Å². The Hall–Kier alpha value is -0.320. The van der Waals surface area contributed by atoms with Crippen LogP contribution in [0.1, 0.15) is 33.1 Å². The van der Waals surface area contributed by atoms with E-state index in [-0.39, 0.29) is 17.9 Å². The molecule has 5 heteroatoms. The van der Waals surface area contributed by atoms with Gasteiger partial charge in [0.2, 0.25) is 0 Å². The minimum Gasteiger partial charge on any atom is -0.480 e. The summed E-state index contributed by atoms with van der Waals surface area (Å²) in [5.74, 6) is -0.940. The quantitative estimate of drug-likeness (QED) is 0.624. The van der Waals surface area contributed by atoms with E-state index in [1.807, 2.05) is 13.8 Å². The lowest BCUT2D eigenvalue weighted by molar-refractivity contribution is -0.138. The van der Waals surface area contributed by atoms with Crippen molar-refractivity contribution >= 4 is 18.4 Å². The van der Waals surface area contributed by atoms with Crippen LogP contribution >= 0.6 is 12.4 Å². The van der Waals surface area contributed by atoms with Crippen LogP contribution in [-0.4, -0.2) is 22.7 Å². The number of nitrogens with two attached hydrogens (primary N) is 2. The lowest BCUT2D eigenvalue weighted by atomic mass is 9.97. The summed E-state index contributed by atoms with van der Waals surface area (Å²) in [5.41, 5.74) is 10.8. The smallest absolute Gasteiger partial charge is 0.320 e. The summed E-state index contributed by atoms with van der Waals surface area (Å²) in [5, 5.41) is 8.46. The standard InChI is InChI=1S/C8H18N2O2.ClH/c1-8(2,10)5-3-4-6(9)7(11)12;/h6H,3-5,9-10H2,1-2H3,(H,11,12);1H. The van der Waals surface area contributed by atoms with Crippen LogP contribution < -0.4 is 11.5 Å². The topological polar surface area (TPSA) is 89.3 Å². The van der Waals surface area contributed by atoms with E-state index in [1.54, 1.807) is 0 Å². The molecule has 80 valence electrons. The zero-order chi connectivity index (χ0) is 9.78. The highest BCUT2D eigenvalue weighted by molar-refractivity contribution is 5.85. The van der Waals surface area contributed by atoms with Crippen molar-refractivity contribution in [3.63, 3.8) is 0 Å². The van der Waals surface area contributed by atoms with Crippen molar-refractivity contribution in [2.75, 3.05) is 0 Å². The number of carboxylic acids is 1. The highest BCUT2D eigenvalue weighted by Crippen LogP contribution is 2.09. The molecule has 1 atom stereocenters. The maximum Gasteiger partial charge on any atom is 0.320 e. The Kier molecular flexibility index (Phi) is 7.21. The zero-order valence-corrected chi connectivity index (χ0v) is 8.93. The van der Waals surface area contributed by atoms with Crippen molar-refractivity contribution in [3.05, 3.63) is 0 Å². The number of halogens is 1. The second-order valence-corrected chi connectivity index (χ2v) is 3.83. The minimum atomic E-state index is -0.940. The molecule has 0 aliphatic rings. The van der Waals surface area contributed by atoms with Gasteiger partial charge < -0.3 is 16.6 Å². The van der Waals surface area contributed by atoms with Crippen molar-refractivity contribution in [1.82, 2.24) is 0 Å². The maximum absolute atomic E-state index is 10.3. The van der Waals surface area contributed by atoms with E-state index in [1.165, 1.54) is 0 Å². The molecule has 0 spiro atoms. The number of hydrogen-bond acceptors (Lipinski definition) is 3. The monoisotopic (exact) mass is 210 g/mol. The van der Waals surface area contributed by atoms with Gasteiger partial charge in [-0.05, 0) is 33.1 Å². The average molecular weight is 211 g/mol. The van der Waals surface area contributed by atoms with Gasteiger partial charge in [0, 0.05) is 5.54 Å². The van der Waals surface area contributed by atoms with Crippen LogP contribution in [0, 0.1) is 0 Å². The Morgan fingerprint density at radius 3 is 2.31 bits per heavy atom. The molecule has 0 saturated carbocycles. The predicted molar refractivity (Wildman–Crippen MR) is 55.0 cm³/mol. The van der Waals surface area contributed by atoms with Gasteiger partial charge in [0.1, 0.15) is 6.04 Å². The van der Waals surface area contributed by atoms with Crippen LogP contribution in [0.4, 0.5) is 0 Å². The fourth-order valence-electron chi connectivity index (χ4n) is 0.901. The minimum absolute atomic E-state index is 0. The van der Waals surface area contributed by atoms with Crippen molar-refractivity contribution in [2.45, 2.75) is 44.7 Å². The number of hydrogen-bond donors (Lipinski definition) is 3. The molecule has 0 aliphatic carbocycles. The van der Waals surface area contributed by atoms with Gasteiger partial charge in [0.25, 0.3) is 0 Å². The molecular weight excluding hydrogens is 192 g/mol. The van der Waals surface area contributed by atoms with E-state index in [2.05, 4.69) is 0 Å². The Morgan fingerprint density at radius 2 is 2.00 bits per heavy atom. The molecule has 0 aromatic rings. The molecule has 0 heterocycles. The van der Waals surface area contributed by atoms with Crippen molar-refractivity contribution in [1.29, 1.82) is 0 Å². The highest BCUT2D eigenvalue weighted by atomic mass is 35.5. The maximum atomic E-state index is 10.3. The van der Waals surface area contributed by atoms with Crippen LogP contribution in [0.15, 0.2) is 0 Å². The van der Waals surface area contributed by atoms with Crippen LogP contribution in [-0.2, 0) is 4.79 Å². The molecule has 0 aliphatic heterocycles. The van der Waals surface area contributed by atoms with Gasteiger partial charge in [0.15, 0.2) is 0 Å². The molecule has 0 aromatic carbocycles. The third kappa shape index (κ3) is 9.60. The van der Waals surface area contributed by atoms with Crippen molar-refractivity contribution in [2.24, 2.45) is 11.5 Å². The van der Waals surface area contributed by atoms with Crippen molar-refractivity contribution in [3.8, 4) is 0 Å². The molecule has 0 bridgehead atoms. The first-order valence-corrected chi connectivity index (χ1v) is 4.10. The summed E-state index contributed by atoms with van der Waals surface area (Å²) in [4.78, 5) is 10.3. The Balaban J connectivity index is 0. The van der Waals surface area contributed by atoms with Gasteiger partial charge in [0.05, 0.1) is 0 Å². The molecule has 0 aromatic heterocycles. The molecule has 0 fully saturated rings. The van der Waals surface area contributed by atoms with E-state index in [0.29, 0.717) is 6.42 Å². The second-order valence-electron chi connectivity index (χ2n) is 3.83. The highest BCUT2D eigenvalue weighted by Gasteiger charge is 2.14. The Labute approximate surface area is 85.1 Å². The van der Waals surface area contributed by atoms with Gasteiger partial charge in [-0.1, -0.05) is 0 Å². The summed E-state index contributed by atoms with van der Waals surface area (Å²) in [7, 11) is 0. The molecule has 4 nitrogen and oxygen atoms in total. The number of aliphatic carboxylic acids is 1. The molecule has 1 unspecified atom stereocenters. The SMILES string of the molecule is CC(C)(N)CCCC(N)C(=O)O.Cl. The first-order valence-electron chi connectivity index (χ1n) is 4.10. The summed E-state index contributed by atoms with van der Waals surface area (Å²) >= 11 is 0. The van der Waals surface area contributed by atoms with Gasteiger partial charge in [-0.3, -0.25) is 4.79 Å². The summed E-state index contributed by atoms with van der Waals surface area (Å²) in [6, 6.07) is -0.743. The molecule has 5 N–H and O–H groups in total. The summed E-state index contributed by atoms with van der Waals surface area (Å²) < 4.78 is 0. The van der Waals surface area contributed by atoms with E-state index in [4.69, 9.17) is 16.6 Å². The first kappa shape index (κ1) is 15.2. The first-order chi connectivity index (χ1) is 5.33. The largest absolute Gasteiger partial charge is 0.480 e. The molecule has 0 radical (unpaired) electrons. The van der Waals surface area contributed by atoms with Crippen molar-refractivity contribution < 1.29 is 9.90 Å². The third-order valence-corrected chi connectivity index (χ3v) is 1.65. The number of rotatable bonds is 5. The van der Waals surface area contributed by atoms with Crippen LogP contribution in [0.2, 0.25) is 0 Å². The fraction of sp³-hybridized carbons (Fsp3) is 0.875. The lowest BCUT2D eigenvalue weighted by Gasteiger charge is -2.18. The summed E-state index contributed by atoms with van der Waals surface area (Å²) in [6.45, 7) is 3.83. The van der Waals surface area contributed by atoms with Gasteiger partial charge in [-0.15, -0.1) is 12.4 Å². The molecular formula is C8H19ClN2O2.